The normalized spacial score (nSPS) is 8.05. The van der Waals surface area contributed by atoms with E-state index in [9.17, 15) is 0 Å². The van der Waals surface area contributed by atoms with E-state index in [1.807, 2.05) is 68.4 Å². The van der Waals surface area contributed by atoms with E-state index >= 15 is 0 Å². The monoisotopic (exact) mass is 292 g/mol. The van der Waals surface area contributed by atoms with Crippen molar-refractivity contribution in [3.8, 4) is 6.07 Å². The van der Waals surface area contributed by atoms with Crippen LogP contribution in [-0.4, -0.2) is 0 Å². The molecule has 0 saturated heterocycles. The zero-order chi connectivity index (χ0) is 16.6. The molecule has 0 amide bonds. The molecule has 22 heavy (non-hydrogen) atoms. The van der Waals surface area contributed by atoms with Gasteiger partial charge in [0.25, 0.3) is 0 Å². The third-order valence-electron chi connectivity index (χ3n) is 2.55. The predicted octanol–water partition coefficient (Wildman–Crippen LogP) is 5.17. The molecule has 0 aliphatic rings. The minimum absolute atomic E-state index is 0.514. The van der Waals surface area contributed by atoms with Gasteiger partial charge in [0.2, 0.25) is 0 Å². The molecule has 0 aliphatic carbocycles. The molecule has 2 aromatic carbocycles. The van der Waals surface area contributed by atoms with Gasteiger partial charge in [-0.3, -0.25) is 0 Å². The summed E-state index contributed by atoms with van der Waals surface area (Å²) in [6.45, 7) is 12.0. The van der Waals surface area contributed by atoms with Crippen molar-refractivity contribution in [2.24, 2.45) is 0 Å². The zero-order valence-electron chi connectivity index (χ0n) is 13.4. The number of nitrogens with one attached hydrogen (secondary N) is 1. The number of rotatable bonds is 4. The Bertz CT molecular complexity index is 566. The SMILES string of the molecule is C=C(C#N)c1ccccc1.C=CNCc1ccccc1.CC. The molecule has 2 rings (SSSR count). The summed E-state index contributed by atoms with van der Waals surface area (Å²) in [6, 6.07) is 21.6. The Morgan fingerprint density at radius 2 is 1.55 bits per heavy atom. The fraction of sp³-hybridized carbons (Fsp3) is 0.150. The van der Waals surface area contributed by atoms with Gasteiger partial charge in [-0.05, 0) is 17.3 Å². The number of hydrogen-bond acceptors (Lipinski definition) is 2. The van der Waals surface area contributed by atoms with Crippen molar-refractivity contribution in [3.63, 3.8) is 0 Å². The Balaban J connectivity index is 0.000000360. The van der Waals surface area contributed by atoms with Crippen molar-refractivity contribution in [1.82, 2.24) is 5.32 Å². The van der Waals surface area contributed by atoms with Gasteiger partial charge in [0.15, 0.2) is 0 Å². The van der Waals surface area contributed by atoms with Gasteiger partial charge >= 0.3 is 0 Å². The first-order valence-electron chi connectivity index (χ1n) is 7.30. The molecular formula is C20H24N2. The van der Waals surface area contributed by atoms with Crippen LogP contribution in [-0.2, 0) is 6.54 Å². The molecule has 0 aliphatic heterocycles. The number of nitrogens with zero attached hydrogens (tertiary/aromatic N) is 1. The van der Waals surface area contributed by atoms with E-state index in [1.54, 1.807) is 6.20 Å². The van der Waals surface area contributed by atoms with Crippen LogP contribution in [0.1, 0.15) is 25.0 Å². The quantitative estimate of drug-likeness (QED) is 0.789. The minimum Gasteiger partial charge on any atom is -0.387 e. The number of nitriles is 1. The molecule has 2 heteroatoms. The molecule has 0 fully saturated rings. The molecule has 0 radical (unpaired) electrons. The zero-order valence-corrected chi connectivity index (χ0v) is 13.4. The Morgan fingerprint density at radius 1 is 1.05 bits per heavy atom. The van der Waals surface area contributed by atoms with Crippen molar-refractivity contribution in [2.75, 3.05) is 0 Å². The summed E-state index contributed by atoms with van der Waals surface area (Å²) in [5, 5.41) is 11.5. The molecule has 2 aromatic rings. The summed E-state index contributed by atoms with van der Waals surface area (Å²) in [4.78, 5) is 0. The van der Waals surface area contributed by atoms with Crippen LogP contribution in [0.25, 0.3) is 5.57 Å². The second kappa shape index (κ2) is 13.2. The van der Waals surface area contributed by atoms with Crippen LogP contribution >= 0.6 is 0 Å². The van der Waals surface area contributed by atoms with Gasteiger partial charge in [0.05, 0.1) is 11.6 Å². The van der Waals surface area contributed by atoms with Crippen molar-refractivity contribution < 1.29 is 0 Å². The lowest BCUT2D eigenvalue weighted by Gasteiger charge is -1.98. The first kappa shape index (κ1) is 19.2. The average molecular weight is 292 g/mol. The van der Waals surface area contributed by atoms with Gasteiger partial charge in [-0.15, -0.1) is 0 Å². The van der Waals surface area contributed by atoms with Crippen LogP contribution in [0.5, 0.6) is 0 Å². The molecular weight excluding hydrogens is 268 g/mol. The largest absolute Gasteiger partial charge is 0.387 e. The van der Waals surface area contributed by atoms with Crippen molar-refractivity contribution >= 4 is 5.57 Å². The summed E-state index contributed by atoms with van der Waals surface area (Å²) in [7, 11) is 0. The minimum atomic E-state index is 0.514. The van der Waals surface area contributed by atoms with E-state index in [4.69, 9.17) is 5.26 Å². The van der Waals surface area contributed by atoms with Gasteiger partial charge in [0.1, 0.15) is 0 Å². The molecule has 1 N–H and O–H groups in total. The van der Waals surface area contributed by atoms with Gasteiger partial charge in [-0.1, -0.05) is 87.7 Å². The second-order valence-corrected chi connectivity index (χ2v) is 4.03. The van der Waals surface area contributed by atoms with Gasteiger partial charge in [0, 0.05) is 6.54 Å². The molecule has 0 aromatic heterocycles. The maximum absolute atomic E-state index is 8.44. The van der Waals surface area contributed by atoms with Crippen LogP contribution in [0.2, 0.25) is 0 Å². The average Bonchev–Trinajstić information content (AvgIpc) is 2.63. The van der Waals surface area contributed by atoms with E-state index in [1.165, 1.54) is 5.56 Å². The summed E-state index contributed by atoms with van der Waals surface area (Å²) >= 11 is 0. The highest BCUT2D eigenvalue weighted by atomic mass is 14.8. The summed E-state index contributed by atoms with van der Waals surface area (Å²) in [5.41, 5.74) is 2.69. The summed E-state index contributed by atoms with van der Waals surface area (Å²) in [5.74, 6) is 0. The highest BCUT2D eigenvalue weighted by Crippen LogP contribution is 2.08. The number of benzene rings is 2. The summed E-state index contributed by atoms with van der Waals surface area (Å²) in [6.07, 6.45) is 1.70. The van der Waals surface area contributed by atoms with E-state index in [2.05, 4.69) is 30.6 Å². The predicted molar refractivity (Wildman–Crippen MR) is 95.9 cm³/mol. The maximum Gasteiger partial charge on any atom is 0.0991 e. The third kappa shape index (κ3) is 8.39. The maximum atomic E-state index is 8.44. The lowest BCUT2D eigenvalue weighted by atomic mass is 10.1. The Morgan fingerprint density at radius 3 is 2.00 bits per heavy atom. The van der Waals surface area contributed by atoms with Crippen LogP contribution in [0, 0.1) is 11.3 Å². The third-order valence-corrected chi connectivity index (χ3v) is 2.55. The Hall–Kier alpha value is -2.79. The van der Waals surface area contributed by atoms with Crippen LogP contribution < -0.4 is 5.32 Å². The van der Waals surface area contributed by atoms with E-state index in [-0.39, 0.29) is 0 Å². The standard InChI is InChI=1S/C9H7N.C9H11N.C2H6/c1-8(7-10)9-5-3-2-4-6-9;1-2-10-8-9-6-4-3-5-7-9;1-2/h2-6H,1H2;2-7,10H,1,8H2;1-2H3. The smallest absolute Gasteiger partial charge is 0.0991 e. The molecule has 114 valence electrons. The van der Waals surface area contributed by atoms with E-state index in [0.29, 0.717) is 5.57 Å². The topological polar surface area (TPSA) is 35.8 Å². The van der Waals surface area contributed by atoms with Gasteiger partial charge in [-0.25, -0.2) is 0 Å². The number of hydrogen-bond donors (Lipinski definition) is 1. The second-order valence-electron chi connectivity index (χ2n) is 4.03. The molecule has 0 saturated carbocycles. The first-order chi connectivity index (χ1) is 10.8. The van der Waals surface area contributed by atoms with Gasteiger partial charge < -0.3 is 5.32 Å². The fourth-order valence-corrected chi connectivity index (χ4v) is 1.49. The molecule has 2 nitrogen and oxygen atoms in total. The van der Waals surface area contributed by atoms with Crippen molar-refractivity contribution in [1.29, 1.82) is 5.26 Å². The summed E-state index contributed by atoms with van der Waals surface area (Å²) < 4.78 is 0. The van der Waals surface area contributed by atoms with Gasteiger partial charge in [-0.2, -0.15) is 5.26 Å². The Kier molecular flexibility index (Phi) is 11.5. The number of allylic oxidation sites excluding steroid dienone is 1. The van der Waals surface area contributed by atoms with Crippen LogP contribution in [0.3, 0.4) is 0 Å². The van der Waals surface area contributed by atoms with Crippen molar-refractivity contribution in [2.45, 2.75) is 20.4 Å². The highest BCUT2D eigenvalue weighted by molar-refractivity contribution is 5.74. The van der Waals surface area contributed by atoms with Crippen LogP contribution in [0.15, 0.2) is 80.0 Å². The Labute approximate surface area is 134 Å². The van der Waals surface area contributed by atoms with E-state index in [0.717, 1.165) is 12.1 Å². The van der Waals surface area contributed by atoms with Crippen LogP contribution in [0.4, 0.5) is 0 Å². The molecule has 0 atom stereocenters. The lowest BCUT2D eigenvalue weighted by Crippen LogP contribution is -2.02. The molecule has 0 spiro atoms. The highest BCUT2D eigenvalue weighted by Gasteiger charge is 1.92. The molecule has 0 unspecified atom stereocenters. The molecule has 0 heterocycles. The lowest BCUT2D eigenvalue weighted by molar-refractivity contribution is 0.872. The molecule has 0 bridgehead atoms. The fourth-order valence-electron chi connectivity index (χ4n) is 1.49. The van der Waals surface area contributed by atoms with E-state index < -0.39 is 0 Å². The first-order valence-corrected chi connectivity index (χ1v) is 7.30. The van der Waals surface area contributed by atoms with Crippen molar-refractivity contribution in [3.05, 3.63) is 91.1 Å².